The lowest BCUT2D eigenvalue weighted by molar-refractivity contribution is -0.163. The first kappa shape index (κ1) is 14.1. The fraction of sp³-hybridized carbons (Fsp3) is 0.929. The summed E-state index contributed by atoms with van der Waals surface area (Å²) >= 11 is 0. The lowest BCUT2D eigenvalue weighted by Crippen LogP contribution is -2.46. The number of fused-ring (bicyclic) bond motifs is 5. The minimum Gasteiger partial charge on any atom is -0.444 e. The number of carbonyl (C=O) groups excluding carboxylic acids is 1. The summed E-state index contributed by atoms with van der Waals surface area (Å²) < 4.78 is 17.2. The molecule has 3 heterocycles. The quantitative estimate of drug-likeness (QED) is 0.725. The van der Waals surface area contributed by atoms with Crippen molar-refractivity contribution in [3.05, 3.63) is 0 Å². The summed E-state index contributed by atoms with van der Waals surface area (Å²) in [6, 6.07) is -0.543. The van der Waals surface area contributed by atoms with Crippen LogP contribution in [0.2, 0.25) is 0 Å². The number of aliphatic hydroxyl groups is 1. The molecule has 1 amide bonds. The van der Waals surface area contributed by atoms with Crippen LogP contribution in [0, 0.1) is 0 Å². The fourth-order valence-electron chi connectivity index (χ4n) is 3.53. The van der Waals surface area contributed by atoms with Crippen LogP contribution < -0.4 is 0 Å². The standard InChI is InChI=1S/C14H23NO5/c1-13(2,3)20-12(17)15-7-6-8(16)9(15)11-10(7)18-14(4,5)19-11/h7-11,16H,6H2,1-5H3/t7-,8-,9+,10-,11+/m1/s1. The maximum absolute atomic E-state index is 12.3. The van der Waals surface area contributed by atoms with Crippen molar-refractivity contribution in [3.63, 3.8) is 0 Å². The van der Waals surface area contributed by atoms with Crippen molar-refractivity contribution in [2.45, 2.75) is 82.8 Å². The Hall–Kier alpha value is -0.850. The highest BCUT2D eigenvalue weighted by Crippen LogP contribution is 2.48. The Balaban J connectivity index is 1.81. The molecular formula is C14H23NO5. The topological polar surface area (TPSA) is 68.2 Å². The zero-order valence-electron chi connectivity index (χ0n) is 12.6. The van der Waals surface area contributed by atoms with Crippen molar-refractivity contribution in [2.75, 3.05) is 0 Å². The average Bonchev–Trinajstić information content (AvgIpc) is 2.79. The molecule has 2 bridgehead atoms. The Kier molecular flexibility index (Phi) is 2.88. The van der Waals surface area contributed by atoms with Gasteiger partial charge in [0, 0.05) is 0 Å². The van der Waals surface area contributed by atoms with Crippen LogP contribution in [0.25, 0.3) is 0 Å². The summed E-state index contributed by atoms with van der Waals surface area (Å²) in [5.41, 5.74) is -0.555. The van der Waals surface area contributed by atoms with Gasteiger partial charge < -0.3 is 19.3 Å². The smallest absolute Gasteiger partial charge is 0.411 e. The molecule has 3 saturated heterocycles. The van der Waals surface area contributed by atoms with Gasteiger partial charge in [-0.05, 0) is 41.0 Å². The van der Waals surface area contributed by atoms with E-state index in [2.05, 4.69) is 0 Å². The van der Waals surface area contributed by atoms with E-state index in [1.165, 1.54) is 0 Å². The van der Waals surface area contributed by atoms with E-state index < -0.39 is 23.6 Å². The molecule has 3 rings (SSSR count). The van der Waals surface area contributed by atoms with Gasteiger partial charge in [0.15, 0.2) is 5.79 Å². The largest absolute Gasteiger partial charge is 0.444 e. The van der Waals surface area contributed by atoms with Gasteiger partial charge in [0.25, 0.3) is 0 Å². The first-order valence-electron chi connectivity index (χ1n) is 7.14. The Morgan fingerprint density at radius 2 is 1.90 bits per heavy atom. The van der Waals surface area contributed by atoms with Crippen LogP contribution in [0.4, 0.5) is 4.79 Å². The molecule has 0 spiro atoms. The van der Waals surface area contributed by atoms with E-state index in [0.717, 1.165) is 0 Å². The van der Waals surface area contributed by atoms with Crippen molar-refractivity contribution in [3.8, 4) is 0 Å². The van der Waals surface area contributed by atoms with Crippen molar-refractivity contribution >= 4 is 6.09 Å². The van der Waals surface area contributed by atoms with E-state index in [1.807, 2.05) is 34.6 Å². The highest BCUT2D eigenvalue weighted by Gasteiger charge is 2.66. The molecule has 6 heteroatoms. The molecule has 0 aromatic rings. The second-order valence-electron chi connectivity index (χ2n) is 7.31. The lowest BCUT2D eigenvalue weighted by atomic mass is 9.93. The van der Waals surface area contributed by atoms with Gasteiger partial charge in [-0.2, -0.15) is 0 Å². The lowest BCUT2D eigenvalue weighted by Gasteiger charge is -2.30. The van der Waals surface area contributed by atoms with Gasteiger partial charge in [-0.15, -0.1) is 0 Å². The van der Waals surface area contributed by atoms with Gasteiger partial charge in [0.05, 0.1) is 18.2 Å². The van der Waals surface area contributed by atoms with Crippen LogP contribution in [-0.4, -0.2) is 57.9 Å². The number of rotatable bonds is 0. The summed E-state index contributed by atoms with van der Waals surface area (Å²) in [6.45, 7) is 9.20. The summed E-state index contributed by atoms with van der Waals surface area (Å²) in [5, 5.41) is 10.2. The van der Waals surface area contributed by atoms with Crippen LogP contribution >= 0.6 is 0 Å². The van der Waals surface area contributed by atoms with E-state index >= 15 is 0 Å². The molecule has 3 aliphatic heterocycles. The van der Waals surface area contributed by atoms with Crippen LogP contribution in [-0.2, 0) is 14.2 Å². The second kappa shape index (κ2) is 4.08. The zero-order chi connectivity index (χ0) is 14.9. The van der Waals surface area contributed by atoms with E-state index in [4.69, 9.17) is 14.2 Å². The average molecular weight is 285 g/mol. The molecular weight excluding hydrogens is 262 g/mol. The van der Waals surface area contributed by atoms with E-state index in [1.54, 1.807) is 4.90 Å². The predicted octanol–water partition coefficient (Wildman–Crippen LogP) is 1.26. The third-order valence-corrected chi connectivity index (χ3v) is 4.04. The minimum absolute atomic E-state index is 0.170. The van der Waals surface area contributed by atoms with Gasteiger partial charge in [-0.25, -0.2) is 4.79 Å². The molecule has 3 aliphatic rings. The summed E-state index contributed by atoms with van der Waals surface area (Å²) in [5.74, 6) is -0.657. The highest BCUT2D eigenvalue weighted by atomic mass is 16.8. The summed E-state index contributed by atoms with van der Waals surface area (Å²) in [4.78, 5) is 14.0. The maximum atomic E-state index is 12.3. The summed E-state index contributed by atoms with van der Waals surface area (Å²) in [7, 11) is 0. The number of nitrogens with zero attached hydrogens (tertiary/aromatic N) is 1. The minimum atomic E-state index is -0.657. The van der Waals surface area contributed by atoms with Gasteiger partial charge in [0.1, 0.15) is 17.8 Å². The van der Waals surface area contributed by atoms with E-state index in [-0.39, 0.29) is 24.3 Å². The van der Waals surface area contributed by atoms with Gasteiger partial charge in [-0.1, -0.05) is 0 Å². The van der Waals surface area contributed by atoms with Crippen LogP contribution in [0.1, 0.15) is 41.0 Å². The molecule has 3 fully saturated rings. The summed E-state index contributed by atoms with van der Waals surface area (Å²) in [6.07, 6.45) is -0.906. The Labute approximate surface area is 119 Å². The first-order valence-corrected chi connectivity index (χ1v) is 7.14. The molecule has 0 unspecified atom stereocenters. The molecule has 20 heavy (non-hydrogen) atoms. The molecule has 1 N–H and O–H groups in total. The molecule has 6 nitrogen and oxygen atoms in total. The van der Waals surface area contributed by atoms with Crippen molar-refractivity contribution in [1.29, 1.82) is 0 Å². The van der Waals surface area contributed by atoms with Crippen LogP contribution in [0.5, 0.6) is 0 Å². The van der Waals surface area contributed by atoms with Crippen molar-refractivity contribution < 1.29 is 24.1 Å². The van der Waals surface area contributed by atoms with E-state index in [9.17, 15) is 9.90 Å². The number of carbonyl (C=O) groups is 1. The van der Waals surface area contributed by atoms with Gasteiger partial charge in [-0.3, -0.25) is 4.90 Å². The number of amides is 1. The van der Waals surface area contributed by atoms with Crippen LogP contribution in [0.3, 0.4) is 0 Å². The van der Waals surface area contributed by atoms with Gasteiger partial charge >= 0.3 is 6.09 Å². The second-order valence-corrected chi connectivity index (χ2v) is 7.31. The number of aliphatic hydroxyl groups excluding tert-OH is 1. The predicted molar refractivity (Wildman–Crippen MR) is 70.1 cm³/mol. The fourth-order valence-corrected chi connectivity index (χ4v) is 3.53. The Bertz CT molecular complexity index is 430. The Morgan fingerprint density at radius 1 is 1.30 bits per heavy atom. The molecule has 0 aromatic heterocycles. The van der Waals surface area contributed by atoms with E-state index in [0.29, 0.717) is 6.42 Å². The normalized spacial score (nSPS) is 41.9. The van der Waals surface area contributed by atoms with Crippen molar-refractivity contribution in [1.82, 2.24) is 4.90 Å². The highest BCUT2D eigenvalue weighted by molar-refractivity contribution is 5.70. The molecule has 0 aliphatic carbocycles. The molecule has 5 atom stereocenters. The zero-order valence-corrected chi connectivity index (χ0v) is 12.6. The monoisotopic (exact) mass is 285 g/mol. The first-order chi connectivity index (χ1) is 9.09. The third kappa shape index (κ3) is 2.10. The van der Waals surface area contributed by atoms with Crippen LogP contribution in [0.15, 0.2) is 0 Å². The third-order valence-electron chi connectivity index (χ3n) is 4.04. The molecule has 0 saturated carbocycles. The molecule has 114 valence electrons. The van der Waals surface area contributed by atoms with Crippen molar-refractivity contribution in [2.24, 2.45) is 0 Å². The maximum Gasteiger partial charge on any atom is 0.411 e. The number of hydrogen-bond acceptors (Lipinski definition) is 5. The Morgan fingerprint density at radius 3 is 2.50 bits per heavy atom. The van der Waals surface area contributed by atoms with Gasteiger partial charge in [0.2, 0.25) is 0 Å². The molecule has 0 aromatic carbocycles. The number of ether oxygens (including phenoxy) is 3. The molecule has 0 radical (unpaired) electrons. The SMILES string of the molecule is CC(C)(C)OC(=O)N1[C@@H]2[C@@H]3OC(C)(C)O[C@@H]3[C@H]1C[C@H]2O. The number of hydrogen-bond donors (Lipinski definition) is 1.